The number of piperazine rings is 1. The summed E-state index contributed by atoms with van der Waals surface area (Å²) in [5, 5.41) is 24.6. The van der Waals surface area contributed by atoms with Crippen molar-refractivity contribution in [1.82, 2.24) is 20.2 Å². The Hall–Kier alpha value is -4.23. The lowest BCUT2D eigenvalue weighted by Crippen LogP contribution is -2.44. The minimum absolute atomic E-state index is 0.148. The SMILES string of the molecule is N#Cc1cc(-c2ccnc(-c3cc(C(=O)N4CCCC4)cc([N+](=O)[O-])c3)c2)[nH]c1N1CCNCC1. The van der Waals surface area contributed by atoms with Crippen LogP contribution in [0.2, 0.25) is 0 Å². The molecule has 10 heteroatoms. The molecule has 3 aromatic rings. The summed E-state index contributed by atoms with van der Waals surface area (Å²) in [6, 6.07) is 12.2. The third-order valence-electron chi connectivity index (χ3n) is 6.49. The maximum Gasteiger partial charge on any atom is 0.270 e. The summed E-state index contributed by atoms with van der Waals surface area (Å²) in [5.41, 5.74) is 3.27. The Balaban J connectivity index is 1.51. The number of non-ortho nitro benzene ring substituents is 1. The number of amides is 1. The second-order valence-corrected chi connectivity index (χ2v) is 8.75. The molecule has 2 aliphatic heterocycles. The van der Waals surface area contributed by atoms with Gasteiger partial charge in [0.05, 0.1) is 16.2 Å². The van der Waals surface area contributed by atoms with E-state index in [0.29, 0.717) is 29.9 Å². The molecule has 2 saturated heterocycles. The number of nitrogens with zero attached hydrogens (tertiary/aromatic N) is 5. The molecule has 2 fully saturated rings. The van der Waals surface area contributed by atoms with Crippen LogP contribution in [-0.4, -0.2) is 65.0 Å². The lowest BCUT2D eigenvalue weighted by atomic mass is 10.0. The molecule has 2 aromatic heterocycles. The largest absolute Gasteiger partial charge is 0.355 e. The molecule has 178 valence electrons. The van der Waals surface area contributed by atoms with Crippen LogP contribution in [0.1, 0.15) is 28.8 Å². The van der Waals surface area contributed by atoms with Crippen molar-refractivity contribution >= 4 is 17.4 Å². The third kappa shape index (κ3) is 4.58. The number of aromatic nitrogens is 2. The van der Waals surface area contributed by atoms with Crippen LogP contribution in [0.15, 0.2) is 42.6 Å². The number of carbonyl (C=O) groups excluding carboxylic acids is 1. The number of hydrogen-bond donors (Lipinski definition) is 2. The number of nitro benzene ring substituents is 1. The molecule has 0 unspecified atom stereocenters. The number of nitriles is 1. The minimum Gasteiger partial charge on any atom is -0.355 e. The van der Waals surface area contributed by atoms with Crippen molar-refractivity contribution in [3.05, 3.63) is 63.8 Å². The Morgan fingerprint density at radius 1 is 1.06 bits per heavy atom. The Labute approximate surface area is 202 Å². The van der Waals surface area contributed by atoms with E-state index in [4.69, 9.17) is 0 Å². The number of nitrogens with one attached hydrogen (secondary N) is 2. The molecule has 0 saturated carbocycles. The number of pyridine rings is 1. The van der Waals surface area contributed by atoms with Crippen molar-refractivity contribution < 1.29 is 9.72 Å². The van der Waals surface area contributed by atoms with Crippen molar-refractivity contribution in [3.8, 4) is 28.6 Å². The van der Waals surface area contributed by atoms with E-state index < -0.39 is 4.92 Å². The summed E-state index contributed by atoms with van der Waals surface area (Å²) in [5.74, 6) is 0.587. The van der Waals surface area contributed by atoms with E-state index in [9.17, 15) is 20.2 Å². The summed E-state index contributed by atoms with van der Waals surface area (Å²) in [6.07, 6.45) is 3.50. The average Bonchev–Trinajstić information content (AvgIpc) is 3.59. The van der Waals surface area contributed by atoms with E-state index >= 15 is 0 Å². The number of likely N-dealkylation sites (tertiary alicyclic amines) is 1. The molecule has 1 amide bonds. The second kappa shape index (κ2) is 9.56. The van der Waals surface area contributed by atoms with Gasteiger partial charge in [-0.15, -0.1) is 0 Å². The van der Waals surface area contributed by atoms with Crippen LogP contribution in [0.4, 0.5) is 11.5 Å². The van der Waals surface area contributed by atoms with Gasteiger partial charge in [-0.25, -0.2) is 0 Å². The number of benzene rings is 1. The zero-order valence-corrected chi connectivity index (χ0v) is 19.2. The highest BCUT2D eigenvalue weighted by Gasteiger charge is 2.23. The topological polar surface area (TPSA) is 131 Å². The van der Waals surface area contributed by atoms with Crippen LogP contribution in [-0.2, 0) is 0 Å². The zero-order chi connectivity index (χ0) is 24.4. The molecule has 2 N–H and O–H groups in total. The van der Waals surface area contributed by atoms with Gasteiger partial charge in [0.25, 0.3) is 11.6 Å². The summed E-state index contributed by atoms with van der Waals surface area (Å²) in [6.45, 7) is 4.63. The molecule has 0 atom stereocenters. The zero-order valence-electron chi connectivity index (χ0n) is 19.2. The van der Waals surface area contributed by atoms with Crippen molar-refractivity contribution in [2.75, 3.05) is 44.2 Å². The molecule has 5 rings (SSSR count). The fourth-order valence-electron chi connectivity index (χ4n) is 4.67. The van der Waals surface area contributed by atoms with Gasteiger partial charge in [-0.2, -0.15) is 5.26 Å². The van der Waals surface area contributed by atoms with Crippen LogP contribution in [0, 0.1) is 21.4 Å². The first-order valence-electron chi connectivity index (χ1n) is 11.7. The van der Waals surface area contributed by atoms with Gasteiger partial charge < -0.3 is 20.1 Å². The van der Waals surface area contributed by atoms with E-state index in [-0.39, 0.29) is 17.2 Å². The number of nitro groups is 1. The van der Waals surface area contributed by atoms with Crippen LogP contribution in [0.3, 0.4) is 0 Å². The number of rotatable bonds is 5. The number of H-pyrrole nitrogens is 1. The maximum absolute atomic E-state index is 13.0. The van der Waals surface area contributed by atoms with Crippen molar-refractivity contribution in [3.63, 3.8) is 0 Å². The summed E-state index contributed by atoms with van der Waals surface area (Å²) >= 11 is 0. The van der Waals surface area contributed by atoms with Crippen LogP contribution < -0.4 is 10.2 Å². The van der Waals surface area contributed by atoms with Crippen LogP contribution in [0.25, 0.3) is 22.5 Å². The summed E-state index contributed by atoms with van der Waals surface area (Å²) in [7, 11) is 0. The van der Waals surface area contributed by atoms with Gasteiger partial charge >= 0.3 is 0 Å². The van der Waals surface area contributed by atoms with E-state index in [0.717, 1.165) is 56.1 Å². The molecule has 10 nitrogen and oxygen atoms in total. The highest BCUT2D eigenvalue weighted by molar-refractivity contribution is 5.96. The maximum atomic E-state index is 13.0. The van der Waals surface area contributed by atoms with Crippen molar-refractivity contribution in [1.29, 1.82) is 5.26 Å². The lowest BCUT2D eigenvalue weighted by Gasteiger charge is -2.28. The number of aromatic amines is 1. The van der Waals surface area contributed by atoms with Crippen molar-refractivity contribution in [2.45, 2.75) is 12.8 Å². The predicted molar refractivity (Wildman–Crippen MR) is 131 cm³/mol. The van der Waals surface area contributed by atoms with Gasteiger partial charge in [0.2, 0.25) is 0 Å². The second-order valence-electron chi connectivity index (χ2n) is 8.75. The molecule has 0 bridgehead atoms. The molecular formula is C25H25N7O3. The van der Waals surface area contributed by atoms with Gasteiger partial charge in [-0.05, 0) is 37.1 Å². The van der Waals surface area contributed by atoms with Gasteiger partial charge in [0.15, 0.2) is 0 Å². The van der Waals surface area contributed by atoms with Crippen LogP contribution >= 0.6 is 0 Å². The summed E-state index contributed by atoms with van der Waals surface area (Å²) < 4.78 is 0. The van der Waals surface area contributed by atoms with E-state index in [1.807, 2.05) is 18.2 Å². The average molecular weight is 472 g/mol. The van der Waals surface area contributed by atoms with Gasteiger partial charge in [-0.3, -0.25) is 19.9 Å². The Bertz CT molecular complexity index is 1310. The highest BCUT2D eigenvalue weighted by atomic mass is 16.6. The summed E-state index contributed by atoms with van der Waals surface area (Å²) in [4.78, 5) is 35.8. The molecular weight excluding hydrogens is 446 g/mol. The van der Waals surface area contributed by atoms with Gasteiger partial charge in [-0.1, -0.05) is 0 Å². The number of hydrogen-bond acceptors (Lipinski definition) is 7. The first-order valence-corrected chi connectivity index (χ1v) is 11.7. The highest BCUT2D eigenvalue weighted by Crippen LogP contribution is 2.31. The first kappa shape index (κ1) is 22.6. The molecule has 0 spiro atoms. The standard InChI is InChI=1S/C25H25N7O3/c26-16-20-15-23(29-24(20)30-9-5-27-6-10-30)17-3-4-28-22(14-17)18-11-19(13-21(12-18)32(34)35)25(33)31-7-1-2-8-31/h3-4,11-15,27,29H,1-2,5-10H2. The third-order valence-corrected chi connectivity index (χ3v) is 6.49. The predicted octanol–water partition coefficient (Wildman–Crippen LogP) is 3.17. The molecule has 1 aromatic carbocycles. The monoisotopic (exact) mass is 471 g/mol. The number of carbonyl (C=O) groups is 1. The molecule has 0 aliphatic carbocycles. The molecule has 35 heavy (non-hydrogen) atoms. The van der Waals surface area contributed by atoms with E-state index in [1.165, 1.54) is 12.1 Å². The van der Waals surface area contributed by atoms with Crippen LogP contribution in [0.5, 0.6) is 0 Å². The molecule has 2 aliphatic rings. The Morgan fingerprint density at radius 3 is 2.54 bits per heavy atom. The fourth-order valence-corrected chi connectivity index (χ4v) is 4.67. The number of anilines is 1. The lowest BCUT2D eigenvalue weighted by molar-refractivity contribution is -0.384. The quantitative estimate of drug-likeness (QED) is 0.432. The minimum atomic E-state index is -0.488. The normalized spacial score (nSPS) is 15.7. The fraction of sp³-hybridized carbons (Fsp3) is 0.320. The van der Waals surface area contributed by atoms with Gasteiger partial charge in [0.1, 0.15) is 11.9 Å². The molecule has 0 radical (unpaired) electrons. The Kier molecular flexibility index (Phi) is 6.16. The van der Waals surface area contributed by atoms with Crippen molar-refractivity contribution in [2.24, 2.45) is 0 Å². The first-order chi connectivity index (χ1) is 17.0. The Morgan fingerprint density at radius 2 is 1.83 bits per heavy atom. The smallest absolute Gasteiger partial charge is 0.270 e. The van der Waals surface area contributed by atoms with E-state index in [2.05, 4.69) is 26.3 Å². The van der Waals surface area contributed by atoms with Gasteiger partial charge in [0, 0.05) is 80.0 Å². The molecule has 4 heterocycles. The van der Waals surface area contributed by atoms with E-state index in [1.54, 1.807) is 17.2 Å².